The van der Waals surface area contributed by atoms with E-state index >= 15 is 0 Å². The molecular formula is C9H18N2O3. The second kappa shape index (κ2) is 6.75. The van der Waals surface area contributed by atoms with E-state index in [1.807, 2.05) is 0 Å². The molecule has 5 heteroatoms. The molecule has 0 aliphatic carbocycles. The molecule has 0 aromatic rings. The average Bonchev–Trinajstić information content (AvgIpc) is 2.65. The second-order valence-corrected chi connectivity index (χ2v) is 3.30. The van der Waals surface area contributed by atoms with Gasteiger partial charge >= 0.3 is 0 Å². The van der Waals surface area contributed by atoms with Gasteiger partial charge in [-0.25, -0.2) is 0 Å². The number of methoxy groups -OCH3 is 1. The van der Waals surface area contributed by atoms with E-state index in [9.17, 15) is 4.79 Å². The monoisotopic (exact) mass is 202 g/mol. The Labute approximate surface area is 84.1 Å². The smallest absolute Gasteiger partial charge is 0.234 e. The van der Waals surface area contributed by atoms with Gasteiger partial charge in [0.25, 0.3) is 0 Å². The fraction of sp³-hybridized carbons (Fsp3) is 0.889. The van der Waals surface area contributed by atoms with Crippen LogP contribution in [0.15, 0.2) is 0 Å². The van der Waals surface area contributed by atoms with Gasteiger partial charge in [0.15, 0.2) is 0 Å². The van der Waals surface area contributed by atoms with E-state index in [4.69, 9.17) is 9.47 Å². The Morgan fingerprint density at radius 1 is 1.64 bits per heavy atom. The summed E-state index contributed by atoms with van der Waals surface area (Å²) in [6.45, 7) is 3.07. The van der Waals surface area contributed by atoms with Gasteiger partial charge in [0.2, 0.25) is 5.91 Å². The largest absolute Gasteiger partial charge is 0.383 e. The van der Waals surface area contributed by atoms with Crippen LogP contribution in [0.3, 0.4) is 0 Å². The summed E-state index contributed by atoms with van der Waals surface area (Å²) < 4.78 is 9.99. The van der Waals surface area contributed by atoms with Crippen molar-refractivity contribution in [1.29, 1.82) is 0 Å². The summed E-state index contributed by atoms with van der Waals surface area (Å²) in [6, 6.07) is 0.201. The Morgan fingerprint density at radius 2 is 2.50 bits per heavy atom. The fourth-order valence-corrected chi connectivity index (χ4v) is 1.30. The van der Waals surface area contributed by atoms with E-state index in [-0.39, 0.29) is 11.9 Å². The third kappa shape index (κ3) is 4.55. The lowest BCUT2D eigenvalue weighted by Crippen LogP contribution is -2.41. The molecule has 1 atom stereocenters. The maximum absolute atomic E-state index is 11.3. The van der Waals surface area contributed by atoms with Gasteiger partial charge in [-0.1, -0.05) is 0 Å². The molecule has 0 aromatic heterocycles. The van der Waals surface area contributed by atoms with Gasteiger partial charge in [0.1, 0.15) is 0 Å². The zero-order valence-electron chi connectivity index (χ0n) is 8.54. The minimum atomic E-state index is 0.0246. The van der Waals surface area contributed by atoms with E-state index in [2.05, 4.69) is 10.6 Å². The van der Waals surface area contributed by atoms with E-state index in [0.29, 0.717) is 26.3 Å². The molecule has 0 spiro atoms. The number of ether oxygens (including phenoxy) is 2. The molecule has 0 aromatic carbocycles. The Morgan fingerprint density at radius 3 is 3.14 bits per heavy atom. The molecule has 1 fully saturated rings. The van der Waals surface area contributed by atoms with Gasteiger partial charge in [-0.15, -0.1) is 0 Å². The molecule has 5 nitrogen and oxygen atoms in total. The fourth-order valence-electron chi connectivity index (χ4n) is 1.30. The highest BCUT2D eigenvalue weighted by Crippen LogP contribution is 2.02. The van der Waals surface area contributed by atoms with Crippen LogP contribution >= 0.6 is 0 Å². The van der Waals surface area contributed by atoms with E-state index in [0.717, 1.165) is 13.0 Å². The number of rotatable bonds is 6. The summed E-state index contributed by atoms with van der Waals surface area (Å²) in [5.74, 6) is 0.0246. The summed E-state index contributed by atoms with van der Waals surface area (Å²) in [5.41, 5.74) is 0. The lowest BCUT2D eigenvalue weighted by Gasteiger charge is -2.10. The minimum Gasteiger partial charge on any atom is -0.383 e. The zero-order chi connectivity index (χ0) is 10.2. The van der Waals surface area contributed by atoms with Gasteiger partial charge in [-0.3, -0.25) is 4.79 Å². The molecule has 14 heavy (non-hydrogen) atoms. The topological polar surface area (TPSA) is 59.6 Å². The SMILES string of the molecule is COCCNCC(=O)NC1CCOC1. The molecule has 82 valence electrons. The Kier molecular flexibility index (Phi) is 5.51. The molecule has 0 radical (unpaired) electrons. The van der Waals surface area contributed by atoms with Crippen molar-refractivity contribution in [1.82, 2.24) is 10.6 Å². The van der Waals surface area contributed by atoms with Crippen LogP contribution in [0.5, 0.6) is 0 Å². The van der Waals surface area contributed by atoms with Crippen molar-refractivity contribution in [2.45, 2.75) is 12.5 Å². The molecule has 0 saturated carbocycles. The normalized spacial score (nSPS) is 21.1. The average molecular weight is 202 g/mol. The molecule has 0 bridgehead atoms. The van der Waals surface area contributed by atoms with Crippen LogP contribution in [-0.2, 0) is 14.3 Å². The van der Waals surface area contributed by atoms with Crippen molar-refractivity contribution in [3.8, 4) is 0 Å². The predicted octanol–water partition coefficient (Wildman–Crippen LogP) is -0.872. The first-order chi connectivity index (χ1) is 6.83. The van der Waals surface area contributed by atoms with Crippen LogP contribution in [0.1, 0.15) is 6.42 Å². The Hall–Kier alpha value is -0.650. The molecule has 1 rings (SSSR count). The number of carbonyl (C=O) groups excluding carboxylic acids is 1. The van der Waals surface area contributed by atoms with Gasteiger partial charge in [0, 0.05) is 20.3 Å². The minimum absolute atomic E-state index is 0.0246. The van der Waals surface area contributed by atoms with Crippen LogP contribution in [0.2, 0.25) is 0 Å². The highest BCUT2D eigenvalue weighted by Gasteiger charge is 2.16. The second-order valence-electron chi connectivity index (χ2n) is 3.30. The molecule has 1 heterocycles. The molecule has 1 aliphatic rings. The summed E-state index contributed by atoms with van der Waals surface area (Å²) >= 11 is 0. The third-order valence-electron chi connectivity index (χ3n) is 2.06. The van der Waals surface area contributed by atoms with Crippen LogP contribution in [-0.4, -0.2) is 52.0 Å². The molecule has 1 amide bonds. The van der Waals surface area contributed by atoms with E-state index < -0.39 is 0 Å². The summed E-state index contributed by atoms with van der Waals surface area (Å²) in [7, 11) is 1.64. The van der Waals surface area contributed by atoms with Gasteiger partial charge in [-0.2, -0.15) is 0 Å². The number of hydrogen-bond acceptors (Lipinski definition) is 4. The van der Waals surface area contributed by atoms with Crippen molar-refractivity contribution in [3.05, 3.63) is 0 Å². The van der Waals surface area contributed by atoms with Gasteiger partial charge in [-0.05, 0) is 6.42 Å². The Balaban J connectivity index is 1.98. The van der Waals surface area contributed by atoms with E-state index in [1.54, 1.807) is 7.11 Å². The predicted molar refractivity (Wildman–Crippen MR) is 52.1 cm³/mol. The third-order valence-corrected chi connectivity index (χ3v) is 2.06. The maximum atomic E-state index is 11.3. The lowest BCUT2D eigenvalue weighted by atomic mass is 10.2. The maximum Gasteiger partial charge on any atom is 0.234 e. The quantitative estimate of drug-likeness (QED) is 0.550. The summed E-state index contributed by atoms with van der Waals surface area (Å²) in [4.78, 5) is 11.3. The first kappa shape index (κ1) is 11.4. The highest BCUT2D eigenvalue weighted by atomic mass is 16.5. The highest BCUT2D eigenvalue weighted by molar-refractivity contribution is 5.78. The first-order valence-corrected chi connectivity index (χ1v) is 4.89. The zero-order valence-corrected chi connectivity index (χ0v) is 8.54. The van der Waals surface area contributed by atoms with Gasteiger partial charge < -0.3 is 20.1 Å². The van der Waals surface area contributed by atoms with Crippen molar-refractivity contribution in [2.24, 2.45) is 0 Å². The van der Waals surface area contributed by atoms with Crippen LogP contribution < -0.4 is 10.6 Å². The number of amides is 1. The molecular weight excluding hydrogens is 184 g/mol. The molecule has 1 aliphatic heterocycles. The number of nitrogens with one attached hydrogen (secondary N) is 2. The summed E-state index contributed by atoms with van der Waals surface area (Å²) in [6.07, 6.45) is 0.920. The molecule has 1 saturated heterocycles. The van der Waals surface area contributed by atoms with Crippen molar-refractivity contribution >= 4 is 5.91 Å². The van der Waals surface area contributed by atoms with Crippen LogP contribution in [0.4, 0.5) is 0 Å². The lowest BCUT2D eigenvalue weighted by molar-refractivity contribution is -0.121. The van der Waals surface area contributed by atoms with Gasteiger partial charge in [0.05, 0.1) is 25.8 Å². The molecule has 1 unspecified atom stereocenters. The van der Waals surface area contributed by atoms with Crippen molar-refractivity contribution in [2.75, 3.05) is 40.0 Å². The molecule has 2 N–H and O–H groups in total. The van der Waals surface area contributed by atoms with E-state index in [1.165, 1.54) is 0 Å². The summed E-state index contributed by atoms with van der Waals surface area (Å²) in [5, 5.41) is 5.87. The first-order valence-electron chi connectivity index (χ1n) is 4.89. The van der Waals surface area contributed by atoms with Crippen molar-refractivity contribution < 1.29 is 14.3 Å². The number of carbonyl (C=O) groups is 1. The van der Waals surface area contributed by atoms with Crippen LogP contribution in [0, 0.1) is 0 Å². The Bertz CT molecular complexity index is 169. The number of hydrogen-bond donors (Lipinski definition) is 2. The standard InChI is InChI=1S/C9H18N2O3/c1-13-5-3-10-6-9(12)11-8-2-4-14-7-8/h8,10H,2-7H2,1H3,(H,11,12). The van der Waals surface area contributed by atoms with Crippen molar-refractivity contribution in [3.63, 3.8) is 0 Å². The van der Waals surface area contributed by atoms with Crippen LogP contribution in [0.25, 0.3) is 0 Å².